The molecule has 0 aliphatic carbocycles. The average Bonchev–Trinajstić information content (AvgIpc) is 3.32. The zero-order chi connectivity index (χ0) is 24.1. The minimum Gasteiger partial charge on any atom is -0.497 e. The number of anilines is 2. The number of halogens is 3. The molecule has 8 nitrogen and oxygen atoms in total. The van der Waals surface area contributed by atoms with E-state index in [1.807, 2.05) is 17.0 Å². The maximum Gasteiger partial charge on any atom is 0.416 e. The lowest BCUT2D eigenvalue weighted by atomic mass is 10.1. The first kappa shape index (κ1) is 23.9. The Morgan fingerprint density at radius 1 is 1.21 bits per heavy atom. The van der Waals surface area contributed by atoms with E-state index in [9.17, 15) is 18.0 Å². The van der Waals surface area contributed by atoms with Crippen LogP contribution in [0, 0.1) is 0 Å². The molecule has 1 aliphatic heterocycles. The Morgan fingerprint density at radius 2 is 1.94 bits per heavy atom. The van der Waals surface area contributed by atoms with Crippen LogP contribution in [0.5, 0.6) is 5.75 Å². The molecule has 0 bridgehead atoms. The quantitative estimate of drug-likeness (QED) is 0.480. The smallest absolute Gasteiger partial charge is 0.416 e. The number of amides is 1. The normalized spacial score (nSPS) is 14.2. The van der Waals surface area contributed by atoms with Crippen molar-refractivity contribution in [3.8, 4) is 17.1 Å². The van der Waals surface area contributed by atoms with Crippen molar-refractivity contribution in [3.05, 3.63) is 48.0 Å². The van der Waals surface area contributed by atoms with Gasteiger partial charge in [-0.15, -0.1) is 5.10 Å². The first-order valence-electron chi connectivity index (χ1n) is 10.4. The molecule has 2 N–H and O–H groups in total. The van der Waals surface area contributed by atoms with Crippen molar-refractivity contribution in [1.82, 2.24) is 15.2 Å². The van der Waals surface area contributed by atoms with Gasteiger partial charge in [-0.3, -0.25) is 9.89 Å². The molecule has 12 heteroatoms. The number of methoxy groups -OCH3 is 1. The van der Waals surface area contributed by atoms with Gasteiger partial charge in [-0.1, -0.05) is 11.8 Å². The number of nitrogens with one attached hydrogen (secondary N) is 2. The number of morpholine rings is 1. The van der Waals surface area contributed by atoms with Crippen LogP contribution < -0.4 is 15.0 Å². The second kappa shape index (κ2) is 10.3. The highest BCUT2D eigenvalue weighted by molar-refractivity contribution is 7.99. The summed E-state index contributed by atoms with van der Waals surface area (Å²) in [4.78, 5) is 18.8. The summed E-state index contributed by atoms with van der Waals surface area (Å²) >= 11 is 1.08. The number of benzene rings is 2. The topological polar surface area (TPSA) is 92.4 Å². The largest absolute Gasteiger partial charge is 0.497 e. The van der Waals surface area contributed by atoms with Crippen molar-refractivity contribution in [2.24, 2.45) is 0 Å². The van der Waals surface area contributed by atoms with Crippen molar-refractivity contribution in [2.75, 3.05) is 49.4 Å². The number of hydrogen-bond donors (Lipinski definition) is 2. The van der Waals surface area contributed by atoms with Crippen molar-refractivity contribution < 1.29 is 27.4 Å². The van der Waals surface area contributed by atoms with Gasteiger partial charge in [0, 0.05) is 18.7 Å². The van der Waals surface area contributed by atoms with E-state index in [-0.39, 0.29) is 11.4 Å². The zero-order valence-corrected chi connectivity index (χ0v) is 19.0. The molecular formula is C22H22F3N5O3S. The summed E-state index contributed by atoms with van der Waals surface area (Å²) in [5, 5.41) is 9.87. The van der Waals surface area contributed by atoms with E-state index in [1.54, 1.807) is 19.2 Å². The molecule has 1 aliphatic rings. The summed E-state index contributed by atoms with van der Waals surface area (Å²) in [6, 6.07) is 10.6. The number of thioether (sulfide) groups is 1. The van der Waals surface area contributed by atoms with Gasteiger partial charge in [0.1, 0.15) is 5.75 Å². The predicted octanol–water partition coefficient (Wildman–Crippen LogP) is 4.07. The Kier molecular flexibility index (Phi) is 7.27. The molecule has 4 rings (SSSR count). The summed E-state index contributed by atoms with van der Waals surface area (Å²) in [5.41, 5.74) is 0.597. The van der Waals surface area contributed by atoms with Gasteiger partial charge in [-0.25, -0.2) is 4.98 Å². The van der Waals surface area contributed by atoms with Crippen molar-refractivity contribution in [2.45, 2.75) is 11.3 Å². The summed E-state index contributed by atoms with van der Waals surface area (Å²) in [5.74, 6) is 0.701. The first-order valence-corrected chi connectivity index (χ1v) is 11.4. The maximum absolute atomic E-state index is 13.3. The molecule has 1 amide bonds. The van der Waals surface area contributed by atoms with E-state index < -0.39 is 17.6 Å². The van der Waals surface area contributed by atoms with Gasteiger partial charge in [0.25, 0.3) is 0 Å². The van der Waals surface area contributed by atoms with Crippen molar-refractivity contribution in [1.29, 1.82) is 0 Å². The molecule has 0 unspecified atom stereocenters. The molecule has 3 aromatic rings. The Labute approximate surface area is 197 Å². The highest BCUT2D eigenvalue weighted by Gasteiger charge is 2.32. The minimum absolute atomic E-state index is 0.0707. The van der Waals surface area contributed by atoms with Gasteiger partial charge in [0.2, 0.25) is 11.1 Å². The molecule has 0 saturated carbocycles. The van der Waals surface area contributed by atoms with Gasteiger partial charge in [-0.05, 0) is 42.5 Å². The Balaban J connectivity index is 1.43. The van der Waals surface area contributed by atoms with E-state index in [1.165, 1.54) is 6.07 Å². The van der Waals surface area contributed by atoms with E-state index in [0.717, 1.165) is 29.5 Å². The van der Waals surface area contributed by atoms with Gasteiger partial charge < -0.3 is 19.7 Å². The van der Waals surface area contributed by atoms with Crippen LogP contribution in [0.2, 0.25) is 0 Å². The molecule has 1 saturated heterocycles. The highest BCUT2D eigenvalue weighted by atomic mass is 32.2. The van der Waals surface area contributed by atoms with Crippen LogP contribution in [0.3, 0.4) is 0 Å². The fourth-order valence-corrected chi connectivity index (χ4v) is 4.00. The van der Waals surface area contributed by atoms with Crippen LogP contribution in [0.15, 0.2) is 47.6 Å². The third-order valence-electron chi connectivity index (χ3n) is 5.11. The van der Waals surface area contributed by atoms with Crippen molar-refractivity contribution >= 4 is 29.0 Å². The molecule has 0 spiro atoms. The molecule has 180 valence electrons. The highest BCUT2D eigenvalue weighted by Crippen LogP contribution is 2.36. The number of H-pyrrole nitrogens is 1. The second-order valence-electron chi connectivity index (χ2n) is 7.36. The number of rotatable bonds is 7. The molecule has 1 fully saturated rings. The lowest BCUT2D eigenvalue weighted by Gasteiger charge is -2.31. The summed E-state index contributed by atoms with van der Waals surface area (Å²) in [6.45, 7) is 1.97. The fourth-order valence-electron chi connectivity index (χ4n) is 3.40. The van der Waals surface area contributed by atoms with Crippen LogP contribution in [0.25, 0.3) is 11.4 Å². The van der Waals surface area contributed by atoms with Gasteiger partial charge in [0.15, 0.2) is 5.82 Å². The third-order valence-corrected chi connectivity index (χ3v) is 5.96. The second-order valence-corrected chi connectivity index (χ2v) is 8.30. The predicted molar refractivity (Wildman–Crippen MR) is 122 cm³/mol. The van der Waals surface area contributed by atoms with Crippen LogP contribution in [0.1, 0.15) is 5.56 Å². The number of carbonyl (C=O) groups is 1. The van der Waals surface area contributed by atoms with E-state index >= 15 is 0 Å². The number of aromatic nitrogens is 3. The standard InChI is InChI=1S/C22H22F3N5O3S/c1-32-16-5-2-14(3-6-16)20-27-21(29-28-20)34-13-19(31)26-17-12-15(22(23,24)25)4-7-18(17)30-8-10-33-11-9-30/h2-7,12H,8-11,13H2,1H3,(H,26,31)(H,27,28,29). The number of nitrogens with zero attached hydrogens (tertiary/aromatic N) is 3. The minimum atomic E-state index is -4.52. The number of carbonyl (C=O) groups excluding carboxylic acids is 1. The number of hydrogen-bond acceptors (Lipinski definition) is 7. The molecule has 1 aromatic heterocycles. The Bertz CT molecular complexity index is 1130. The summed E-state index contributed by atoms with van der Waals surface area (Å²) in [6.07, 6.45) is -4.52. The average molecular weight is 494 g/mol. The van der Waals surface area contributed by atoms with Gasteiger partial charge >= 0.3 is 6.18 Å². The lowest BCUT2D eigenvalue weighted by molar-refractivity contribution is -0.137. The van der Waals surface area contributed by atoms with E-state index in [2.05, 4.69) is 20.5 Å². The Morgan fingerprint density at radius 3 is 2.62 bits per heavy atom. The zero-order valence-electron chi connectivity index (χ0n) is 18.2. The van der Waals surface area contributed by atoms with E-state index in [0.29, 0.717) is 48.7 Å². The molecular weight excluding hydrogens is 471 g/mol. The first-order chi connectivity index (χ1) is 16.3. The molecule has 2 aromatic carbocycles. The third kappa shape index (κ3) is 5.81. The van der Waals surface area contributed by atoms with E-state index in [4.69, 9.17) is 9.47 Å². The monoisotopic (exact) mass is 493 g/mol. The molecule has 2 heterocycles. The van der Waals surface area contributed by atoms with Crippen LogP contribution >= 0.6 is 11.8 Å². The van der Waals surface area contributed by atoms with Gasteiger partial charge in [0.05, 0.1) is 43.0 Å². The van der Waals surface area contributed by atoms with Crippen LogP contribution in [0.4, 0.5) is 24.5 Å². The maximum atomic E-state index is 13.3. The van der Waals surface area contributed by atoms with Gasteiger partial charge in [-0.2, -0.15) is 13.2 Å². The SMILES string of the molecule is COc1ccc(-c2nc(SCC(=O)Nc3cc(C(F)(F)F)ccc3N3CCOCC3)n[nH]2)cc1. The molecule has 0 atom stereocenters. The molecule has 0 radical (unpaired) electrons. The van der Waals surface area contributed by atoms with Crippen molar-refractivity contribution in [3.63, 3.8) is 0 Å². The summed E-state index contributed by atoms with van der Waals surface area (Å²) in [7, 11) is 1.58. The lowest BCUT2D eigenvalue weighted by Crippen LogP contribution is -2.37. The number of ether oxygens (including phenoxy) is 2. The number of alkyl halides is 3. The van der Waals surface area contributed by atoms with Crippen LogP contribution in [-0.4, -0.2) is 60.3 Å². The Hall–Kier alpha value is -3.25. The van der Waals surface area contributed by atoms with Crippen LogP contribution in [-0.2, 0) is 15.7 Å². The molecule has 34 heavy (non-hydrogen) atoms. The number of aromatic amines is 1. The fraction of sp³-hybridized carbons (Fsp3) is 0.318. The summed E-state index contributed by atoms with van der Waals surface area (Å²) < 4.78 is 50.2.